The topological polar surface area (TPSA) is 393 Å². The molecule has 5 N–H and O–H groups in total. The molecule has 0 saturated carbocycles. The van der Waals surface area contributed by atoms with Crippen molar-refractivity contribution in [2.45, 2.75) is 194 Å². The van der Waals surface area contributed by atoms with Crippen LogP contribution in [0.25, 0.3) is 50.5 Å². The minimum atomic E-state index is -1.35. The third-order valence-electron chi connectivity index (χ3n) is 20.3. The lowest BCUT2D eigenvalue weighted by molar-refractivity contribution is 0.0510. The van der Waals surface area contributed by atoms with E-state index in [0.717, 1.165) is 106 Å². The maximum atomic E-state index is 12.5. The maximum Gasteiger partial charge on any atom is 0.488 e. The molecule has 0 fully saturated rings. The van der Waals surface area contributed by atoms with Gasteiger partial charge in [-0.15, -0.1) is 12.4 Å². The van der Waals surface area contributed by atoms with Crippen LogP contribution in [0.5, 0.6) is 0 Å². The average Bonchev–Trinajstić information content (AvgIpc) is 1.60. The van der Waals surface area contributed by atoms with Gasteiger partial charge in [0, 0.05) is 48.1 Å². The number of benzene rings is 3. The first-order chi connectivity index (χ1) is 62.3. The first-order valence-corrected chi connectivity index (χ1v) is 45.9. The standard InChI is InChI=1S/C23H30N4O2.C21H26N4O2.C15H21BrN4O2.C13H16BrN3O3.C13H14BrN3O3.C8H11BO2.C2H7N.ClH/c1-8-29-23(28)17-12-19(14(2)3)27-22(24-17)21(18(25-27)13-26(6)7)20-15(4)10-9-11-16(20)5;1-12(2)17-10-15(21(26)27)22-20-19(16(11-24(5)6)23-25(17)20)18-13(3)8-7-9-14(18)4;1-6-22-15(21)10-7-12(9(2)3)20-14(17-10)13(16)11(18-20)8-19(4)5;2*1-4-20-13(19)8-5-10(7(2)3)17-12(15-8)11(14)9(6-18)16-17;1-6-4-3-5-7(2)8(6)9(10)11;1-3-2;/h9-12,14H,8,13H2,1-7H3;7-10,12H,11H2,1-6H3,(H,26,27);7,9H,6,8H2,1-5H3;5,7,18H,4,6H2,1-3H3;5-7H,4H2,1-3H3;3-5,10-11H,1-2H3;3H,1-2H3;1H. The summed E-state index contributed by atoms with van der Waals surface area (Å²) in [4.78, 5) is 99.2. The lowest BCUT2D eigenvalue weighted by Gasteiger charge is -2.13. The third-order valence-corrected chi connectivity index (χ3v) is 22.6. The third kappa shape index (κ3) is 27.3. The quantitative estimate of drug-likeness (QED) is 0.0153. The molecule has 38 heteroatoms. The van der Waals surface area contributed by atoms with Gasteiger partial charge in [0.1, 0.15) is 11.4 Å². The van der Waals surface area contributed by atoms with Crippen LogP contribution in [-0.2, 0) is 45.2 Å². The van der Waals surface area contributed by atoms with Gasteiger partial charge in [-0.25, -0.2) is 71.5 Å². The minimum absolute atomic E-state index is 0. The number of aldehydes is 1. The second kappa shape index (κ2) is 50.6. The summed E-state index contributed by atoms with van der Waals surface area (Å²) in [5.41, 5.74) is 23.0. The lowest BCUT2D eigenvalue weighted by atomic mass is 9.74. The highest BCUT2D eigenvalue weighted by molar-refractivity contribution is 9.11. The molecule has 33 nitrogen and oxygen atoms in total. The Bertz CT molecular complexity index is 6200. The summed E-state index contributed by atoms with van der Waals surface area (Å²) in [6, 6.07) is 26.6. The van der Waals surface area contributed by atoms with Crippen molar-refractivity contribution in [1.29, 1.82) is 0 Å². The molecular weight excluding hydrogens is 1920 g/mol. The molecule has 0 spiro atoms. The van der Waals surface area contributed by atoms with Crippen molar-refractivity contribution in [3.8, 4) is 22.3 Å². The van der Waals surface area contributed by atoms with Gasteiger partial charge in [0.25, 0.3) is 0 Å². The van der Waals surface area contributed by atoms with Crippen molar-refractivity contribution in [2.24, 2.45) is 0 Å². The molecule has 13 aromatic rings. The smallest absolute Gasteiger partial charge is 0.477 e. The van der Waals surface area contributed by atoms with E-state index in [1.54, 1.807) is 71.6 Å². The summed E-state index contributed by atoms with van der Waals surface area (Å²) in [5.74, 6) is -2.04. The zero-order valence-corrected chi connectivity index (χ0v) is 86.8. The summed E-state index contributed by atoms with van der Waals surface area (Å²) >= 11 is 10.2. The summed E-state index contributed by atoms with van der Waals surface area (Å²) in [6.07, 6.45) is 0.646. The molecule has 0 aliphatic carbocycles. The number of ether oxygens (including phenoxy) is 4. The van der Waals surface area contributed by atoms with E-state index < -0.39 is 37.0 Å². The largest absolute Gasteiger partial charge is 0.488 e. The van der Waals surface area contributed by atoms with E-state index in [4.69, 9.17) is 44.2 Å². The van der Waals surface area contributed by atoms with Crippen molar-refractivity contribution in [1.82, 2.24) is 93.0 Å². The number of fused-ring (bicyclic) bond motifs is 5. The Kier molecular flexibility index (Phi) is 42.2. The highest BCUT2D eigenvalue weighted by atomic mass is 79.9. The van der Waals surface area contributed by atoms with Gasteiger partial charge in [0.05, 0.1) is 74.7 Å². The second-order valence-corrected chi connectivity index (χ2v) is 35.9. The van der Waals surface area contributed by atoms with E-state index in [-0.39, 0.29) is 78.0 Å². The van der Waals surface area contributed by atoms with E-state index in [2.05, 4.69) is 184 Å². The van der Waals surface area contributed by atoms with Crippen LogP contribution in [0.1, 0.15) is 274 Å². The Labute approximate surface area is 809 Å². The highest BCUT2D eigenvalue weighted by Crippen LogP contribution is 2.39. The molecule has 0 atom stereocenters. The summed E-state index contributed by atoms with van der Waals surface area (Å²) in [7, 11) is 14.4. The molecule has 10 aromatic heterocycles. The number of carboxylic acid groups (broad SMARTS) is 1. The molecule has 0 saturated heterocycles. The molecule has 0 aliphatic rings. The lowest BCUT2D eigenvalue weighted by Crippen LogP contribution is -2.34. The number of hydrogen-bond acceptors (Lipinski definition) is 27. The Hall–Kier alpha value is -10.7. The Balaban J connectivity index is 0.000000248. The van der Waals surface area contributed by atoms with Crippen LogP contribution in [0.2, 0.25) is 0 Å². The molecule has 0 aliphatic heterocycles. The first-order valence-electron chi connectivity index (χ1n) is 43.5. The van der Waals surface area contributed by atoms with E-state index in [1.807, 2.05) is 150 Å². The van der Waals surface area contributed by atoms with Crippen LogP contribution in [0.3, 0.4) is 0 Å². The fourth-order valence-corrected chi connectivity index (χ4v) is 15.6. The molecule has 10 heterocycles. The number of halogens is 4. The Morgan fingerprint density at radius 2 is 0.654 bits per heavy atom. The zero-order chi connectivity index (χ0) is 98.5. The highest BCUT2D eigenvalue weighted by Gasteiger charge is 2.30. The van der Waals surface area contributed by atoms with Gasteiger partial charge in [0.15, 0.2) is 63.0 Å². The van der Waals surface area contributed by atoms with Gasteiger partial charge in [0.2, 0.25) is 0 Å². The Morgan fingerprint density at radius 1 is 0.406 bits per heavy atom. The first kappa shape index (κ1) is 111. The molecule has 0 unspecified atom stereocenters. The van der Waals surface area contributed by atoms with Gasteiger partial charge >= 0.3 is 37.0 Å². The zero-order valence-electron chi connectivity index (χ0n) is 81.2. The van der Waals surface area contributed by atoms with E-state index in [1.165, 1.54) is 0 Å². The number of aromatic carboxylic acids is 1. The summed E-state index contributed by atoms with van der Waals surface area (Å²) < 4.78 is 30.9. The maximum absolute atomic E-state index is 12.5. The number of carbonyl (C=O) groups excluding carboxylic acids is 5. The predicted octanol–water partition coefficient (Wildman–Crippen LogP) is 16.3. The molecule has 716 valence electrons. The summed E-state index contributed by atoms with van der Waals surface area (Å²) in [5, 5.41) is 62.4. The van der Waals surface area contributed by atoms with Gasteiger partial charge < -0.3 is 59.2 Å². The normalized spacial score (nSPS) is 11.1. The number of aryl methyl sites for hydroxylation is 6. The molecule has 0 bridgehead atoms. The van der Waals surface area contributed by atoms with Gasteiger partial charge in [-0.3, -0.25) is 4.79 Å². The van der Waals surface area contributed by atoms with Crippen LogP contribution in [0.15, 0.2) is 98.3 Å². The average molecular weight is 2040 g/mol. The van der Waals surface area contributed by atoms with Crippen molar-refractivity contribution in [3.63, 3.8) is 0 Å². The number of aromatic nitrogens is 15. The predicted molar refractivity (Wildman–Crippen MR) is 531 cm³/mol. The van der Waals surface area contributed by atoms with E-state index >= 15 is 0 Å². The van der Waals surface area contributed by atoms with Crippen molar-refractivity contribution in [2.75, 3.05) is 82.8 Å². The summed E-state index contributed by atoms with van der Waals surface area (Å²) in [6.45, 7) is 42.5. The van der Waals surface area contributed by atoms with E-state index in [9.17, 15) is 39.0 Å². The van der Waals surface area contributed by atoms with Crippen LogP contribution in [-0.4, -0.2) is 234 Å². The molecule has 133 heavy (non-hydrogen) atoms. The number of aliphatic hydroxyl groups excluding tert-OH is 1. The van der Waals surface area contributed by atoms with Gasteiger partial charge in [-0.2, -0.15) is 25.5 Å². The Morgan fingerprint density at radius 3 is 0.925 bits per heavy atom. The molecule has 3 aromatic carbocycles. The van der Waals surface area contributed by atoms with Crippen LogP contribution in [0, 0.1) is 41.5 Å². The van der Waals surface area contributed by atoms with Crippen molar-refractivity contribution >= 4 is 137 Å². The monoisotopic (exact) mass is 2040 g/mol. The number of nitrogens with zero attached hydrogens (tertiary/aromatic N) is 18. The number of carbonyl (C=O) groups is 6. The van der Waals surface area contributed by atoms with Crippen LogP contribution in [0.4, 0.5) is 0 Å². The molecule has 0 radical (unpaired) electrons. The number of rotatable bonds is 25. The SMILES string of the molecule is CCOC(=O)c1cc(C(C)C)n2nc(C=O)c(Br)c2n1.CCOC(=O)c1cc(C(C)C)n2nc(CN(C)C)c(-c3c(C)cccc3C)c2n1.CCOC(=O)c1cc(C(C)C)n2nc(CN(C)C)c(Br)c2n1.CCOC(=O)c1cc(C(C)C)n2nc(CO)c(Br)c2n1.CNC.Cc1cccc(C)c1-c1c(CN(C)C)nn2c(C(C)C)cc(C(=O)O)nc12.Cc1cccc(C)c1B(O)O.Cl. The molecular formula is C95H126BBr3ClN19O14. The van der Waals surface area contributed by atoms with Gasteiger partial charge in [-0.05, 0) is 272 Å². The van der Waals surface area contributed by atoms with Crippen molar-refractivity contribution in [3.05, 3.63) is 217 Å². The number of aliphatic hydroxyl groups is 1. The van der Waals surface area contributed by atoms with Crippen LogP contribution < -0.4 is 10.8 Å². The number of carboxylic acids is 1. The van der Waals surface area contributed by atoms with Gasteiger partial charge in [-0.1, -0.05) is 135 Å². The number of hydrogen-bond donors (Lipinski definition) is 5. The number of esters is 4. The van der Waals surface area contributed by atoms with Crippen molar-refractivity contribution < 1.29 is 68.0 Å². The van der Waals surface area contributed by atoms with E-state index in [0.29, 0.717) is 105 Å². The molecule has 13 rings (SSSR count). The molecule has 0 amide bonds. The minimum Gasteiger partial charge on any atom is -0.477 e. The fraction of sp³-hybridized carbons (Fsp3) is 0.432. The fourth-order valence-electron chi connectivity index (χ4n) is 14.3. The second-order valence-electron chi connectivity index (χ2n) is 33.5. The van der Waals surface area contributed by atoms with Crippen LogP contribution >= 0.6 is 60.2 Å². The number of nitrogens with one attached hydrogen (secondary N) is 1.